The summed E-state index contributed by atoms with van der Waals surface area (Å²) in [6, 6.07) is 7.44. The molecular formula is C17H22N4O2. The summed E-state index contributed by atoms with van der Waals surface area (Å²) < 4.78 is 7.62. The Hall–Kier alpha value is -2.34. The predicted molar refractivity (Wildman–Crippen MR) is 88.2 cm³/mol. The second kappa shape index (κ2) is 7.28. The maximum atomic E-state index is 12.2. The Morgan fingerprint density at radius 1 is 1.43 bits per heavy atom. The van der Waals surface area contributed by atoms with Crippen molar-refractivity contribution in [2.24, 2.45) is 13.0 Å². The number of carbonyl (C=O) groups excluding carboxylic acids is 1. The number of carbonyl (C=O) groups is 1. The number of nitrogens with zero attached hydrogens (tertiary/aromatic N) is 2. The Labute approximate surface area is 135 Å². The summed E-state index contributed by atoms with van der Waals surface area (Å²) in [5.41, 5.74) is 0.796. The Bertz CT molecular complexity index is 645. The Kier molecular flexibility index (Phi) is 4.92. The zero-order chi connectivity index (χ0) is 16.1. The van der Waals surface area contributed by atoms with Gasteiger partial charge in [0.05, 0.1) is 5.92 Å². The Morgan fingerprint density at radius 2 is 2.26 bits per heavy atom. The van der Waals surface area contributed by atoms with E-state index in [1.807, 2.05) is 42.1 Å². The molecule has 0 radical (unpaired) electrons. The van der Waals surface area contributed by atoms with Gasteiger partial charge in [0.2, 0.25) is 5.91 Å². The van der Waals surface area contributed by atoms with Crippen molar-refractivity contribution >= 4 is 11.6 Å². The fourth-order valence-electron chi connectivity index (χ4n) is 2.64. The van der Waals surface area contributed by atoms with E-state index >= 15 is 0 Å². The third kappa shape index (κ3) is 4.10. The van der Waals surface area contributed by atoms with Crippen molar-refractivity contribution in [3.05, 3.63) is 42.5 Å². The molecule has 2 aromatic rings. The highest BCUT2D eigenvalue weighted by Gasteiger charge is 2.20. The molecule has 2 N–H and O–H groups in total. The maximum Gasteiger partial charge on any atom is 0.228 e. The van der Waals surface area contributed by atoms with Crippen LogP contribution in [-0.4, -0.2) is 28.5 Å². The molecule has 1 atom stereocenters. The largest absolute Gasteiger partial charge is 0.486 e. The van der Waals surface area contributed by atoms with E-state index < -0.39 is 0 Å². The molecule has 1 fully saturated rings. The molecule has 0 aliphatic carbocycles. The summed E-state index contributed by atoms with van der Waals surface area (Å²) in [5.74, 6) is 1.76. The highest BCUT2D eigenvalue weighted by Crippen LogP contribution is 2.18. The highest BCUT2D eigenvalue weighted by atomic mass is 16.5. The first-order valence-corrected chi connectivity index (χ1v) is 7.93. The van der Waals surface area contributed by atoms with Crippen LogP contribution in [0.5, 0.6) is 5.75 Å². The van der Waals surface area contributed by atoms with Gasteiger partial charge in [-0.05, 0) is 43.7 Å². The van der Waals surface area contributed by atoms with Crippen molar-refractivity contribution < 1.29 is 9.53 Å². The fourth-order valence-corrected chi connectivity index (χ4v) is 2.64. The number of benzene rings is 1. The molecule has 23 heavy (non-hydrogen) atoms. The number of hydrogen-bond acceptors (Lipinski definition) is 4. The first kappa shape index (κ1) is 15.6. The number of imidazole rings is 1. The molecule has 0 saturated carbocycles. The number of aryl methyl sites for hydroxylation is 1. The number of rotatable bonds is 5. The molecule has 1 aromatic carbocycles. The van der Waals surface area contributed by atoms with Crippen LogP contribution in [0.25, 0.3) is 0 Å². The van der Waals surface area contributed by atoms with E-state index in [4.69, 9.17) is 4.74 Å². The van der Waals surface area contributed by atoms with Gasteiger partial charge in [-0.25, -0.2) is 4.98 Å². The van der Waals surface area contributed by atoms with Gasteiger partial charge in [-0.1, -0.05) is 0 Å². The lowest BCUT2D eigenvalue weighted by molar-refractivity contribution is -0.120. The molecule has 122 valence electrons. The summed E-state index contributed by atoms with van der Waals surface area (Å²) in [6.07, 6.45) is 5.64. The number of anilines is 1. The highest BCUT2D eigenvalue weighted by molar-refractivity contribution is 5.92. The maximum absolute atomic E-state index is 12.2. The fraction of sp³-hybridized carbons (Fsp3) is 0.412. The van der Waals surface area contributed by atoms with Crippen molar-refractivity contribution in [1.29, 1.82) is 0 Å². The first-order valence-electron chi connectivity index (χ1n) is 7.93. The lowest BCUT2D eigenvalue weighted by Gasteiger charge is -2.21. The molecular weight excluding hydrogens is 292 g/mol. The van der Waals surface area contributed by atoms with Crippen LogP contribution in [-0.2, 0) is 18.4 Å². The number of nitrogens with one attached hydrogen (secondary N) is 2. The number of ether oxygens (including phenoxy) is 1. The van der Waals surface area contributed by atoms with Gasteiger partial charge in [0, 0.05) is 31.7 Å². The summed E-state index contributed by atoms with van der Waals surface area (Å²) in [5, 5.41) is 6.22. The van der Waals surface area contributed by atoms with Gasteiger partial charge in [-0.2, -0.15) is 0 Å². The molecule has 1 amide bonds. The molecule has 6 heteroatoms. The second-order valence-corrected chi connectivity index (χ2v) is 5.80. The molecule has 1 aliphatic rings. The number of amides is 1. The summed E-state index contributed by atoms with van der Waals surface area (Å²) in [6.45, 7) is 2.19. The molecule has 1 aliphatic heterocycles. The number of piperidine rings is 1. The van der Waals surface area contributed by atoms with Crippen LogP contribution in [0.15, 0.2) is 36.7 Å². The average Bonchev–Trinajstić information content (AvgIpc) is 3.00. The number of aromatic nitrogens is 2. The molecule has 1 unspecified atom stereocenters. The monoisotopic (exact) mass is 314 g/mol. The minimum absolute atomic E-state index is 0.0584. The van der Waals surface area contributed by atoms with Gasteiger partial charge >= 0.3 is 0 Å². The average molecular weight is 314 g/mol. The van der Waals surface area contributed by atoms with E-state index in [1.54, 1.807) is 6.20 Å². The van der Waals surface area contributed by atoms with Crippen molar-refractivity contribution in [2.75, 3.05) is 18.4 Å². The van der Waals surface area contributed by atoms with E-state index in [1.165, 1.54) is 0 Å². The van der Waals surface area contributed by atoms with Gasteiger partial charge in [0.25, 0.3) is 0 Å². The van der Waals surface area contributed by atoms with Crippen LogP contribution in [0.2, 0.25) is 0 Å². The van der Waals surface area contributed by atoms with Crippen LogP contribution in [0.1, 0.15) is 18.7 Å². The van der Waals surface area contributed by atoms with Crippen molar-refractivity contribution in [3.8, 4) is 5.75 Å². The second-order valence-electron chi connectivity index (χ2n) is 5.80. The minimum atomic E-state index is 0.0584. The van der Waals surface area contributed by atoms with Crippen LogP contribution < -0.4 is 15.4 Å². The van der Waals surface area contributed by atoms with E-state index in [0.717, 1.165) is 43.2 Å². The minimum Gasteiger partial charge on any atom is -0.486 e. The number of hydrogen-bond donors (Lipinski definition) is 2. The molecule has 2 heterocycles. The van der Waals surface area contributed by atoms with E-state index in [9.17, 15) is 4.79 Å². The molecule has 3 rings (SSSR count). The van der Waals surface area contributed by atoms with E-state index in [-0.39, 0.29) is 11.8 Å². The third-order valence-corrected chi connectivity index (χ3v) is 4.08. The van der Waals surface area contributed by atoms with Crippen LogP contribution >= 0.6 is 0 Å². The summed E-state index contributed by atoms with van der Waals surface area (Å²) in [4.78, 5) is 16.4. The predicted octanol–water partition coefficient (Wildman–Crippen LogP) is 1.94. The summed E-state index contributed by atoms with van der Waals surface area (Å²) >= 11 is 0. The van der Waals surface area contributed by atoms with Gasteiger partial charge in [0.15, 0.2) is 0 Å². The van der Waals surface area contributed by atoms with Gasteiger partial charge in [-0.15, -0.1) is 0 Å². The zero-order valence-corrected chi connectivity index (χ0v) is 13.3. The molecule has 0 spiro atoms. The van der Waals surface area contributed by atoms with E-state index in [0.29, 0.717) is 6.61 Å². The van der Waals surface area contributed by atoms with Crippen molar-refractivity contribution in [3.63, 3.8) is 0 Å². The lowest BCUT2D eigenvalue weighted by atomic mass is 9.99. The molecule has 0 bridgehead atoms. The van der Waals surface area contributed by atoms with Crippen molar-refractivity contribution in [1.82, 2.24) is 14.9 Å². The third-order valence-electron chi connectivity index (χ3n) is 4.08. The normalized spacial score (nSPS) is 17.7. The zero-order valence-electron chi connectivity index (χ0n) is 13.3. The van der Waals surface area contributed by atoms with Crippen LogP contribution in [0, 0.1) is 5.92 Å². The quantitative estimate of drug-likeness (QED) is 0.885. The topological polar surface area (TPSA) is 68.2 Å². The summed E-state index contributed by atoms with van der Waals surface area (Å²) in [7, 11) is 1.93. The smallest absolute Gasteiger partial charge is 0.228 e. The van der Waals surface area contributed by atoms with Gasteiger partial charge in [0.1, 0.15) is 18.2 Å². The Balaban J connectivity index is 1.52. The lowest BCUT2D eigenvalue weighted by Crippen LogP contribution is -2.37. The SMILES string of the molecule is Cn1ccnc1COc1ccc(NC(=O)C2CCCNC2)cc1. The van der Waals surface area contributed by atoms with Gasteiger partial charge < -0.3 is 19.9 Å². The van der Waals surface area contributed by atoms with E-state index in [2.05, 4.69) is 15.6 Å². The van der Waals surface area contributed by atoms with Crippen molar-refractivity contribution in [2.45, 2.75) is 19.4 Å². The molecule has 1 aromatic heterocycles. The van der Waals surface area contributed by atoms with Gasteiger partial charge in [-0.3, -0.25) is 4.79 Å². The first-order chi connectivity index (χ1) is 11.2. The standard InChI is InChI=1S/C17H22N4O2/c1-21-10-9-19-16(21)12-23-15-6-4-14(5-7-15)20-17(22)13-3-2-8-18-11-13/h4-7,9-10,13,18H,2-3,8,11-12H2,1H3,(H,20,22). The Morgan fingerprint density at radius 3 is 2.91 bits per heavy atom. The molecule has 1 saturated heterocycles. The molecule has 6 nitrogen and oxygen atoms in total. The van der Waals surface area contributed by atoms with Crippen LogP contribution in [0.3, 0.4) is 0 Å². The van der Waals surface area contributed by atoms with Crippen LogP contribution in [0.4, 0.5) is 5.69 Å².